The first-order valence-electron chi connectivity index (χ1n) is 6.08. The highest BCUT2D eigenvalue weighted by atomic mass is 79.9. The van der Waals surface area contributed by atoms with Gasteiger partial charge in [-0.3, -0.25) is 5.10 Å². The third-order valence-corrected chi connectivity index (χ3v) is 3.68. The van der Waals surface area contributed by atoms with Crippen molar-refractivity contribution in [1.29, 1.82) is 0 Å². The van der Waals surface area contributed by atoms with E-state index in [2.05, 4.69) is 38.3 Å². The smallest absolute Gasteiger partial charge is 0.195 e. The van der Waals surface area contributed by atoms with Crippen LogP contribution < -0.4 is 0 Å². The van der Waals surface area contributed by atoms with Gasteiger partial charge in [-0.1, -0.05) is 28.1 Å². The molecule has 0 bridgehead atoms. The summed E-state index contributed by atoms with van der Waals surface area (Å²) in [5, 5.41) is 7.17. The standard InChI is InChI=1S/C13H16BrN3OS/c1-18-8-2-7-17-12(15-16-13(17)19)9-10-3-5-11(14)6-4-10/h3-6H,2,7-9H2,1H3,(H,16,19). The first kappa shape index (κ1) is 14.4. The molecule has 2 rings (SSSR count). The van der Waals surface area contributed by atoms with E-state index in [1.54, 1.807) is 7.11 Å². The Kier molecular flexibility index (Phi) is 5.30. The van der Waals surface area contributed by atoms with Crippen LogP contribution in [0, 0.1) is 4.77 Å². The fourth-order valence-corrected chi connectivity index (χ4v) is 2.37. The topological polar surface area (TPSA) is 42.8 Å². The fraction of sp³-hybridized carbons (Fsp3) is 0.385. The van der Waals surface area contributed by atoms with Gasteiger partial charge in [0.15, 0.2) is 4.77 Å². The van der Waals surface area contributed by atoms with E-state index in [9.17, 15) is 0 Å². The number of rotatable bonds is 6. The van der Waals surface area contributed by atoms with Crippen molar-refractivity contribution in [3.05, 3.63) is 44.9 Å². The minimum atomic E-state index is 0.670. The molecular weight excluding hydrogens is 326 g/mol. The van der Waals surface area contributed by atoms with E-state index in [-0.39, 0.29) is 0 Å². The molecule has 1 aromatic carbocycles. The molecule has 4 nitrogen and oxygen atoms in total. The number of hydrogen-bond acceptors (Lipinski definition) is 3. The highest BCUT2D eigenvalue weighted by molar-refractivity contribution is 9.10. The minimum absolute atomic E-state index is 0.670. The van der Waals surface area contributed by atoms with E-state index in [1.807, 2.05) is 16.7 Å². The quantitative estimate of drug-likeness (QED) is 0.647. The second-order valence-corrected chi connectivity index (χ2v) is 5.55. The molecule has 0 amide bonds. The Morgan fingerprint density at radius 2 is 2.11 bits per heavy atom. The van der Waals surface area contributed by atoms with Crippen LogP contribution in [0.3, 0.4) is 0 Å². The van der Waals surface area contributed by atoms with Crippen LogP contribution in [0.5, 0.6) is 0 Å². The molecule has 0 saturated carbocycles. The number of methoxy groups -OCH3 is 1. The molecule has 0 saturated heterocycles. The number of benzene rings is 1. The van der Waals surface area contributed by atoms with Gasteiger partial charge in [0.25, 0.3) is 0 Å². The minimum Gasteiger partial charge on any atom is -0.385 e. The Labute approximate surface area is 125 Å². The van der Waals surface area contributed by atoms with Gasteiger partial charge in [-0.15, -0.1) is 0 Å². The Hall–Kier alpha value is -0.980. The number of hydrogen-bond donors (Lipinski definition) is 1. The third-order valence-electron chi connectivity index (χ3n) is 2.84. The van der Waals surface area contributed by atoms with Crippen molar-refractivity contribution in [2.75, 3.05) is 13.7 Å². The molecule has 1 aromatic heterocycles. The van der Waals surface area contributed by atoms with Crippen LogP contribution in [-0.2, 0) is 17.7 Å². The molecule has 0 aliphatic carbocycles. The summed E-state index contributed by atoms with van der Waals surface area (Å²) in [5.41, 5.74) is 1.21. The number of nitrogens with zero attached hydrogens (tertiary/aromatic N) is 2. The largest absolute Gasteiger partial charge is 0.385 e. The lowest BCUT2D eigenvalue weighted by atomic mass is 10.1. The highest BCUT2D eigenvalue weighted by Crippen LogP contribution is 2.13. The van der Waals surface area contributed by atoms with Crippen LogP contribution in [0.4, 0.5) is 0 Å². The summed E-state index contributed by atoms with van der Waals surface area (Å²) in [6, 6.07) is 8.24. The molecule has 1 heterocycles. The molecule has 0 fully saturated rings. The average molecular weight is 342 g/mol. The Balaban J connectivity index is 2.11. The molecule has 0 unspecified atom stereocenters. The van der Waals surface area contributed by atoms with Gasteiger partial charge in [0.1, 0.15) is 5.82 Å². The highest BCUT2D eigenvalue weighted by Gasteiger charge is 2.07. The van der Waals surface area contributed by atoms with Gasteiger partial charge in [0.2, 0.25) is 0 Å². The summed E-state index contributed by atoms with van der Waals surface area (Å²) in [7, 11) is 1.71. The van der Waals surface area contributed by atoms with Gasteiger partial charge in [-0.25, -0.2) is 0 Å². The van der Waals surface area contributed by atoms with Crippen LogP contribution in [0.15, 0.2) is 28.7 Å². The van der Waals surface area contributed by atoms with Crippen LogP contribution in [0.2, 0.25) is 0 Å². The molecule has 0 radical (unpaired) electrons. The van der Waals surface area contributed by atoms with Gasteiger partial charge in [0.05, 0.1) is 0 Å². The first-order valence-corrected chi connectivity index (χ1v) is 7.28. The molecule has 102 valence electrons. The Bertz CT molecular complexity index is 576. The van der Waals surface area contributed by atoms with Crippen molar-refractivity contribution in [3.8, 4) is 0 Å². The zero-order valence-electron chi connectivity index (χ0n) is 10.7. The fourth-order valence-electron chi connectivity index (χ4n) is 1.87. The summed E-state index contributed by atoms with van der Waals surface area (Å²) in [6.45, 7) is 1.56. The van der Waals surface area contributed by atoms with Crippen molar-refractivity contribution in [2.45, 2.75) is 19.4 Å². The zero-order valence-corrected chi connectivity index (χ0v) is 13.1. The van der Waals surface area contributed by atoms with E-state index in [1.165, 1.54) is 5.56 Å². The van der Waals surface area contributed by atoms with Crippen LogP contribution in [0.1, 0.15) is 17.8 Å². The van der Waals surface area contributed by atoms with Gasteiger partial charge in [-0.05, 0) is 36.3 Å². The molecule has 6 heteroatoms. The number of nitrogens with one attached hydrogen (secondary N) is 1. The maximum atomic E-state index is 5.26. The van der Waals surface area contributed by atoms with E-state index < -0.39 is 0 Å². The number of aromatic amines is 1. The summed E-state index contributed by atoms with van der Waals surface area (Å²) in [6.07, 6.45) is 1.70. The maximum absolute atomic E-state index is 5.26. The molecule has 19 heavy (non-hydrogen) atoms. The molecule has 0 aliphatic rings. The molecular formula is C13H16BrN3OS. The third kappa shape index (κ3) is 3.99. The lowest BCUT2D eigenvalue weighted by Crippen LogP contribution is -2.07. The summed E-state index contributed by atoms with van der Waals surface area (Å²) >= 11 is 8.69. The first-order chi connectivity index (χ1) is 9.20. The monoisotopic (exact) mass is 341 g/mol. The number of aromatic nitrogens is 3. The van der Waals surface area contributed by atoms with Crippen molar-refractivity contribution >= 4 is 28.1 Å². The maximum Gasteiger partial charge on any atom is 0.195 e. The van der Waals surface area contributed by atoms with Gasteiger partial charge in [0, 0.05) is 31.2 Å². The zero-order chi connectivity index (χ0) is 13.7. The second kappa shape index (κ2) is 6.98. The molecule has 2 aromatic rings. The number of halogens is 1. The van der Waals surface area contributed by atoms with Gasteiger partial charge < -0.3 is 9.30 Å². The summed E-state index contributed by atoms with van der Waals surface area (Å²) in [4.78, 5) is 0. The molecule has 0 atom stereocenters. The van der Waals surface area contributed by atoms with Crippen molar-refractivity contribution in [3.63, 3.8) is 0 Å². The predicted octanol–water partition coefficient (Wildman–Crippen LogP) is 3.33. The van der Waals surface area contributed by atoms with Crippen LogP contribution >= 0.6 is 28.1 Å². The van der Waals surface area contributed by atoms with E-state index >= 15 is 0 Å². The van der Waals surface area contributed by atoms with E-state index in [4.69, 9.17) is 17.0 Å². The van der Waals surface area contributed by atoms with Crippen LogP contribution in [0.25, 0.3) is 0 Å². The van der Waals surface area contributed by atoms with Gasteiger partial charge >= 0.3 is 0 Å². The van der Waals surface area contributed by atoms with E-state index in [0.717, 1.165) is 36.3 Å². The van der Waals surface area contributed by atoms with Crippen molar-refractivity contribution in [2.24, 2.45) is 0 Å². The predicted molar refractivity (Wildman–Crippen MR) is 80.9 cm³/mol. The summed E-state index contributed by atoms with van der Waals surface area (Å²) in [5.74, 6) is 0.962. The number of H-pyrrole nitrogens is 1. The van der Waals surface area contributed by atoms with Crippen molar-refractivity contribution < 1.29 is 4.74 Å². The van der Waals surface area contributed by atoms with Crippen LogP contribution in [-0.4, -0.2) is 28.5 Å². The lowest BCUT2D eigenvalue weighted by Gasteiger charge is -2.06. The summed E-state index contributed by atoms with van der Waals surface area (Å²) < 4.78 is 8.85. The van der Waals surface area contributed by atoms with E-state index in [0.29, 0.717) is 4.77 Å². The molecule has 0 spiro atoms. The SMILES string of the molecule is COCCCn1c(Cc2ccc(Br)cc2)n[nH]c1=S. The lowest BCUT2D eigenvalue weighted by molar-refractivity contribution is 0.190. The number of ether oxygens (including phenoxy) is 1. The average Bonchev–Trinajstić information content (AvgIpc) is 2.74. The molecule has 1 N–H and O–H groups in total. The van der Waals surface area contributed by atoms with Gasteiger partial charge in [-0.2, -0.15) is 5.10 Å². The second-order valence-electron chi connectivity index (χ2n) is 4.25. The normalized spacial score (nSPS) is 10.8. The molecule has 0 aliphatic heterocycles. The Morgan fingerprint density at radius 3 is 2.79 bits per heavy atom. The Morgan fingerprint density at radius 1 is 1.37 bits per heavy atom. The van der Waals surface area contributed by atoms with Crippen molar-refractivity contribution in [1.82, 2.24) is 14.8 Å².